The number of nitrogens with zero attached hydrogens (tertiary/aromatic N) is 2. The number of phenols is 1. The second-order valence-corrected chi connectivity index (χ2v) is 5.46. The molecule has 0 amide bonds. The van der Waals surface area contributed by atoms with Crippen LogP contribution in [0.4, 0.5) is 15.8 Å². The zero-order chi connectivity index (χ0) is 16.4. The Morgan fingerprint density at radius 1 is 0.957 bits per heavy atom. The molecule has 1 heterocycles. The lowest BCUT2D eigenvalue weighted by Crippen LogP contribution is -2.46. The van der Waals surface area contributed by atoms with Gasteiger partial charge in [-0.05, 0) is 42.5 Å². The monoisotopic (exact) mass is 316 g/mol. The van der Waals surface area contributed by atoms with E-state index in [2.05, 4.69) is 4.90 Å². The molecule has 0 atom stereocenters. The standard InChI is InChI=1S/C17H17FN2O3/c18-15-11-12(17(22)23)1-6-16(15)20-9-7-19(8-10-20)13-2-4-14(21)5-3-13/h1-6,11,21H,7-10H2,(H,22,23). The van der Waals surface area contributed by atoms with E-state index in [0.717, 1.165) is 24.8 Å². The summed E-state index contributed by atoms with van der Waals surface area (Å²) in [5.41, 5.74) is 1.40. The normalized spacial score (nSPS) is 14.8. The van der Waals surface area contributed by atoms with Crippen molar-refractivity contribution in [3.63, 3.8) is 0 Å². The Morgan fingerprint density at radius 2 is 1.57 bits per heavy atom. The average molecular weight is 316 g/mol. The molecule has 0 saturated carbocycles. The predicted octanol–water partition coefficient (Wildman–Crippen LogP) is 2.56. The third-order valence-corrected chi connectivity index (χ3v) is 4.03. The Hall–Kier alpha value is -2.76. The highest BCUT2D eigenvalue weighted by atomic mass is 19.1. The van der Waals surface area contributed by atoms with Crippen molar-refractivity contribution in [1.29, 1.82) is 0 Å². The number of hydrogen-bond donors (Lipinski definition) is 2. The highest BCUT2D eigenvalue weighted by Gasteiger charge is 2.20. The van der Waals surface area contributed by atoms with Gasteiger partial charge >= 0.3 is 5.97 Å². The zero-order valence-electron chi connectivity index (χ0n) is 12.4. The minimum absolute atomic E-state index is 0.0472. The molecule has 0 spiro atoms. The smallest absolute Gasteiger partial charge is 0.335 e. The number of hydrogen-bond acceptors (Lipinski definition) is 4. The number of halogens is 1. The van der Waals surface area contributed by atoms with Crippen molar-refractivity contribution < 1.29 is 19.4 Å². The Kier molecular flexibility index (Phi) is 4.06. The first kappa shape index (κ1) is 15.1. The molecule has 120 valence electrons. The molecule has 0 aromatic heterocycles. The van der Waals surface area contributed by atoms with Crippen molar-refractivity contribution in [2.45, 2.75) is 0 Å². The van der Waals surface area contributed by atoms with Crippen molar-refractivity contribution in [2.75, 3.05) is 36.0 Å². The number of anilines is 2. The lowest BCUT2D eigenvalue weighted by Gasteiger charge is -2.37. The molecule has 0 aliphatic carbocycles. The van der Waals surface area contributed by atoms with Crippen LogP contribution in [-0.4, -0.2) is 42.4 Å². The highest BCUT2D eigenvalue weighted by molar-refractivity contribution is 5.88. The molecule has 3 rings (SSSR count). The number of aromatic carboxylic acids is 1. The van der Waals surface area contributed by atoms with Crippen LogP contribution in [0.3, 0.4) is 0 Å². The molecule has 1 aliphatic rings. The molecule has 5 nitrogen and oxygen atoms in total. The van der Waals surface area contributed by atoms with Gasteiger partial charge in [-0.3, -0.25) is 0 Å². The van der Waals surface area contributed by atoms with E-state index in [1.165, 1.54) is 12.1 Å². The first-order chi connectivity index (χ1) is 11.0. The van der Waals surface area contributed by atoms with Crippen LogP contribution < -0.4 is 9.80 Å². The summed E-state index contributed by atoms with van der Waals surface area (Å²) in [6.45, 7) is 2.74. The van der Waals surface area contributed by atoms with Crippen LogP contribution in [0, 0.1) is 5.82 Å². The van der Waals surface area contributed by atoms with E-state index in [0.29, 0.717) is 18.8 Å². The van der Waals surface area contributed by atoms with E-state index in [9.17, 15) is 14.3 Å². The van der Waals surface area contributed by atoms with Crippen molar-refractivity contribution in [1.82, 2.24) is 0 Å². The van der Waals surface area contributed by atoms with E-state index in [1.54, 1.807) is 12.1 Å². The maximum absolute atomic E-state index is 14.1. The number of benzene rings is 2. The van der Waals surface area contributed by atoms with Gasteiger partial charge in [0.25, 0.3) is 0 Å². The average Bonchev–Trinajstić information content (AvgIpc) is 2.56. The molecule has 0 unspecified atom stereocenters. The quantitative estimate of drug-likeness (QED) is 0.911. The van der Waals surface area contributed by atoms with Crippen LogP contribution in [0.1, 0.15) is 10.4 Å². The number of carbonyl (C=O) groups is 1. The summed E-state index contributed by atoms with van der Waals surface area (Å²) in [6.07, 6.45) is 0. The van der Waals surface area contributed by atoms with Gasteiger partial charge in [0, 0.05) is 31.9 Å². The van der Waals surface area contributed by atoms with Gasteiger partial charge in [-0.25, -0.2) is 9.18 Å². The fourth-order valence-electron chi connectivity index (χ4n) is 2.77. The molecule has 1 aliphatic heterocycles. The Labute approximate surface area is 133 Å². The molecule has 0 radical (unpaired) electrons. The lowest BCUT2D eigenvalue weighted by atomic mass is 10.1. The summed E-state index contributed by atoms with van der Waals surface area (Å²) in [5, 5.41) is 18.2. The van der Waals surface area contributed by atoms with Gasteiger partial charge in [0.05, 0.1) is 11.3 Å². The molecular weight excluding hydrogens is 299 g/mol. The third-order valence-electron chi connectivity index (χ3n) is 4.03. The molecule has 23 heavy (non-hydrogen) atoms. The van der Waals surface area contributed by atoms with E-state index in [1.807, 2.05) is 17.0 Å². The van der Waals surface area contributed by atoms with Gasteiger partial charge in [-0.2, -0.15) is 0 Å². The van der Waals surface area contributed by atoms with Gasteiger partial charge in [0.15, 0.2) is 0 Å². The highest BCUT2D eigenvalue weighted by Crippen LogP contribution is 2.25. The van der Waals surface area contributed by atoms with Crippen LogP contribution in [-0.2, 0) is 0 Å². The summed E-state index contributed by atoms with van der Waals surface area (Å²) >= 11 is 0. The molecule has 1 fully saturated rings. The Bertz CT molecular complexity index is 710. The number of piperazine rings is 1. The Morgan fingerprint density at radius 3 is 2.13 bits per heavy atom. The number of aromatic hydroxyl groups is 1. The van der Waals surface area contributed by atoms with Crippen LogP contribution in [0.2, 0.25) is 0 Å². The molecule has 0 bridgehead atoms. The SMILES string of the molecule is O=C(O)c1ccc(N2CCN(c3ccc(O)cc3)CC2)c(F)c1. The number of carboxylic acid groups (broad SMARTS) is 1. The second-order valence-electron chi connectivity index (χ2n) is 5.46. The van der Waals surface area contributed by atoms with Crippen molar-refractivity contribution in [2.24, 2.45) is 0 Å². The molecule has 6 heteroatoms. The first-order valence-electron chi connectivity index (χ1n) is 7.36. The van der Waals surface area contributed by atoms with Crippen molar-refractivity contribution in [3.8, 4) is 5.75 Å². The van der Waals surface area contributed by atoms with Crippen molar-refractivity contribution in [3.05, 3.63) is 53.8 Å². The molecule has 1 saturated heterocycles. The molecular formula is C17H17FN2O3. The fraction of sp³-hybridized carbons (Fsp3) is 0.235. The van der Waals surface area contributed by atoms with Crippen LogP contribution in [0.25, 0.3) is 0 Å². The molecule has 2 aromatic rings. The first-order valence-corrected chi connectivity index (χ1v) is 7.36. The minimum atomic E-state index is -1.13. The van der Waals surface area contributed by atoms with E-state index in [4.69, 9.17) is 5.11 Å². The third kappa shape index (κ3) is 3.21. The predicted molar refractivity (Wildman–Crippen MR) is 85.9 cm³/mol. The Balaban J connectivity index is 1.69. The van der Waals surface area contributed by atoms with Gasteiger partial charge < -0.3 is 20.0 Å². The largest absolute Gasteiger partial charge is 0.508 e. The van der Waals surface area contributed by atoms with Crippen LogP contribution >= 0.6 is 0 Å². The van der Waals surface area contributed by atoms with Crippen LogP contribution in [0.15, 0.2) is 42.5 Å². The van der Waals surface area contributed by atoms with Gasteiger partial charge in [0.2, 0.25) is 0 Å². The number of rotatable bonds is 3. The lowest BCUT2D eigenvalue weighted by molar-refractivity contribution is 0.0696. The van der Waals surface area contributed by atoms with Gasteiger partial charge in [0.1, 0.15) is 11.6 Å². The summed E-state index contributed by atoms with van der Waals surface area (Å²) < 4.78 is 14.1. The summed E-state index contributed by atoms with van der Waals surface area (Å²) in [7, 11) is 0. The minimum Gasteiger partial charge on any atom is -0.508 e. The maximum atomic E-state index is 14.1. The zero-order valence-corrected chi connectivity index (χ0v) is 12.4. The molecule has 2 N–H and O–H groups in total. The summed E-state index contributed by atoms with van der Waals surface area (Å²) in [4.78, 5) is 14.9. The second kappa shape index (κ2) is 6.16. The summed E-state index contributed by atoms with van der Waals surface area (Å²) in [5.74, 6) is -1.41. The van der Waals surface area contributed by atoms with E-state index < -0.39 is 11.8 Å². The maximum Gasteiger partial charge on any atom is 0.335 e. The number of carboxylic acids is 1. The topological polar surface area (TPSA) is 64.0 Å². The fourth-order valence-corrected chi connectivity index (χ4v) is 2.77. The van der Waals surface area contributed by atoms with E-state index in [-0.39, 0.29) is 11.3 Å². The molecule has 2 aromatic carbocycles. The van der Waals surface area contributed by atoms with Crippen LogP contribution in [0.5, 0.6) is 5.75 Å². The summed E-state index contributed by atoms with van der Waals surface area (Å²) in [6, 6.07) is 11.0. The van der Waals surface area contributed by atoms with Gasteiger partial charge in [-0.1, -0.05) is 0 Å². The van der Waals surface area contributed by atoms with Gasteiger partial charge in [-0.15, -0.1) is 0 Å². The number of phenolic OH excluding ortho intramolecular Hbond substituents is 1. The van der Waals surface area contributed by atoms with Crippen molar-refractivity contribution >= 4 is 17.3 Å². The van der Waals surface area contributed by atoms with E-state index >= 15 is 0 Å².